The molecule has 4 aromatic rings. The van der Waals surface area contributed by atoms with E-state index in [1.165, 1.54) is 27.7 Å². The standard InChI is InChI=1S/C23H25BrF2N6O3S/c1-36(2,3)10-9-34-14-32-20(16-11-15(24)5-6-19(16)35-23(25)26)18(13-29-32)30-22(33)17-12-28-31-8-4-7-27-21(17)31/h4-8,11-13,23H,9-10,14H2,1-3H3,(H,30,33). The molecule has 1 amide bonds. The lowest BCUT2D eigenvalue weighted by Gasteiger charge is -2.24. The summed E-state index contributed by atoms with van der Waals surface area (Å²) in [7, 11) is -0.755. The summed E-state index contributed by atoms with van der Waals surface area (Å²) in [6.07, 6.45) is 12.6. The number of carbonyl (C=O) groups is 1. The predicted molar refractivity (Wildman–Crippen MR) is 139 cm³/mol. The van der Waals surface area contributed by atoms with E-state index >= 15 is 0 Å². The Bertz CT molecular complexity index is 1370. The molecule has 0 radical (unpaired) electrons. The van der Waals surface area contributed by atoms with Gasteiger partial charge < -0.3 is 14.8 Å². The zero-order valence-corrected chi connectivity index (χ0v) is 22.2. The zero-order valence-electron chi connectivity index (χ0n) is 19.8. The average Bonchev–Trinajstić information content (AvgIpc) is 3.41. The Kier molecular flexibility index (Phi) is 7.91. The van der Waals surface area contributed by atoms with Crippen LogP contribution in [0.1, 0.15) is 10.4 Å². The molecule has 9 nitrogen and oxygen atoms in total. The van der Waals surface area contributed by atoms with Crippen molar-refractivity contribution in [3.8, 4) is 17.0 Å². The lowest BCUT2D eigenvalue weighted by molar-refractivity contribution is -0.0495. The van der Waals surface area contributed by atoms with Gasteiger partial charge in [0.2, 0.25) is 0 Å². The number of halogens is 3. The van der Waals surface area contributed by atoms with E-state index in [1.807, 2.05) is 0 Å². The van der Waals surface area contributed by atoms with Gasteiger partial charge >= 0.3 is 6.61 Å². The highest BCUT2D eigenvalue weighted by molar-refractivity contribution is 9.10. The normalized spacial score (nSPS) is 12.3. The van der Waals surface area contributed by atoms with Crippen molar-refractivity contribution < 1.29 is 23.0 Å². The fourth-order valence-electron chi connectivity index (χ4n) is 3.38. The van der Waals surface area contributed by atoms with Crippen LogP contribution in [0, 0.1) is 0 Å². The number of hydrogen-bond donors (Lipinski definition) is 1. The van der Waals surface area contributed by atoms with Gasteiger partial charge in [0, 0.05) is 28.2 Å². The monoisotopic (exact) mass is 582 g/mol. The highest BCUT2D eigenvalue weighted by Gasteiger charge is 2.23. The van der Waals surface area contributed by atoms with Crippen LogP contribution < -0.4 is 10.1 Å². The molecule has 1 aromatic carbocycles. The summed E-state index contributed by atoms with van der Waals surface area (Å²) in [4.78, 5) is 17.4. The van der Waals surface area contributed by atoms with Gasteiger partial charge in [0.05, 0.1) is 30.4 Å². The summed E-state index contributed by atoms with van der Waals surface area (Å²) < 4.78 is 40.6. The summed E-state index contributed by atoms with van der Waals surface area (Å²) in [6.45, 7) is -2.47. The largest absolute Gasteiger partial charge is 0.434 e. The third-order valence-electron chi connectivity index (χ3n) is 5.08. The molecule has 0 fully saturated rings. The van der Waals surface area contributed by atoms with Crippen LogP contribution in [0.3, 0.4) is 0 Å². The van der Waals surface area contributed by atoms with Crippen LogP contribution in [0.5, 0.6) is 5.75 Å². The molecule has 0 saturated heterocycles. The summed E-state index contributed by atoms with van der Waals surface area (Å²) >= 11 is 3.38. The number of amides is 1. The van der Waals surface area contributed by atoms with Crippen molar-refractivity contribution >= 4 is 43.2 Å². The maximum atomic E-state index is 13.2. The lowest BCUT2D eigenvalue weighted by Crippen LogP contribution is -2.14. The zero-order chi connectivity index (χ0) is 25.9. The first-order valence-corrected chi connectivity index (χ1v) is 14.6. The number of nitrogens with one attached hydrogen (secondary N) is 1. The molecular weight excluding hydrogens is 558 g/mol. The number of benzene rings is 1. The Morgan fingerprint density at radius 2 is 2.03 bits per heavy atom. The van der Waals surface area contributed by atoms with Crippen molar-refractivity contribution in [1.82, 2.24) is 24.4 Å². The Morgan fingerprint density at radius 1 is 1.22 bits per heavy atom. The first-order chi connectivity index (χ1) is 17.1. The molecule has 0 saturated carbocycles. The number of hydrogen-bond acceptors (Lipinski definition) is 6. The molecule has 0 spiro atoms. The van der Waals surface area contributed by atoms with Gasteiger partial charge in [0.1, 0.15) is 18.0 Å². The van der Waals surface area contributed by atoms with E-state index in [9.17, 15) is 13.6 Å². The second-order valence-electron chi connectivity index (χ2n) is 8.66. The van der Waals surface area contributed by atoms with Crippen LogP contribution in [0.2, 0.25) is 0 Å². The molecule has 3 aromatic heterocycles. The van der Waals surface area contributed by atoms with Gasteiger partial charge in [-0.15, -0.1) is 0 Å². The summed E-state index contributed by atoms with van der Waals surface area (Å²) in [5.74, 6) is 0.348. The van der Waals surface area contributed by atoms with E-state index in [0.29, 0.717) is 28.0 Å². The molecule has 0 aliphatic carbocycles. The molecule has 0 bridgehead atoms. The van der Waals surface area contributed by atoms with Crippen LogP contribution in [0.15, 0.2) is 53.5 Å². The first kappa shape index (κ1) is 26.0. The Labute approximate surface area is 216 Å². The Morgan fingerprint density at radius 3 is 2.78 bits per heavy atom. The van der Waals surface area contributed by atoms with Gasteiger partial charge in [-0.25, -0.2) is 24.2 Å². The van der Waals surface area contributed by atoms with Crippen molar-refractivity contribution in [3.63, 3.8) is 0 Å². The predicted octanol–water partition coefficient (Wildman–Crippen LogP) is 4.88. The van der Waals surface area contributed by atoms with Crippen LogP contribution in [0.25, 0.3) is 16.9 Å². The molecule has 3 heterocycles. The van der Waals surface area contributed by atoms with E-state index in [2.05, 4.69) is 55.2 Å². The third-order valence-corrected chi connectivity index (χ3v) is 6.96. The number of nitrogens with zero attached hydrogens (tertiary/aromatic N) is 5. The fourth-order valence-corrected chi connectivity index (χ4v) is 4.36. The Hall–Kier alpha value is -3.03. The van der Waals surface area contributed by atoms with Crippen LogP contribution in [-0.2, 0) is 11.5 Å². The first-order valence-electron chi connectivity index (χ1n) is 10.8. The van der Waals surface area contributed by atoms with Gasteiger partial charge in [-0.05, 0) is 43.0 Å². The summed E-state index contributed by atoms with van der Waals surface area (Å²) in [5.41, 5.74) is 1.57. The molecule has 0 atom stereocenters. The number of alkyl halides is 2. The van der Waals surface area contributed by atoms with Crippen LogP contribution >= 0.6 is 26.0 Å². The third kappa shape index (κ3) is 6.20. The van der Waals surface area contributed by atoms with Gasteiger partial charge in [-0.1, -0.05) is 15.9 Å². The van der Waals surface area contributed by atoms with Gasteiger partial charge in [0.15, 0.2) is 5.65 Å². The maximum Gasteiger partial charge on any atom is 0.387 e. The van der Waals surface area contributed by atoms with Crippen LogP contribution in [0.4, 0.5) is 14.5 Å². The summed E-state index contributed by atoms with van der Waals surface area (Å²) in [5, 5.41) is 11.3. The molecule has 0 aliphatic heterocycles. The average molecular weight is 583 g/mol. The molecular formula is C23H25BrF2N6O3S. The molecule has 192 valence electrons. The van der Waals surface area contributed by atoms with Crippen molar-refractivity contribution in [2.45, 2.75) is 13.3 Å². The topological polar surface area (TPSA) is 95.6 Å². The maximum absolute atomic E-state index is 13.2. The van der Waals surface area contributed by atoms with Gasteiger partial charge in [-0.2, -0.15) is 19.0 Å². The highest BCUT2D eigenvalue weighted by atomic mass is 79.9. The van der Waals surface area contributed by atoms with Crippen molar-refractivity contribution in [2.75, 3.05) is 36.4 Å². The number of fused-ring (bicyclic) bond motifs is 1. The second kappa shape index (κ2) is 10.9. The van der Waals surface area contributed by atoms with E-state index in [0.717, 1.165) is 5.75 Å². The van der Waals surface area contributed by atoms with E-state index in [4.69, 9.17) is 9.47 Å². The second-order valence-corrected chi connectivity index (χ2v) is 14.2. The molecule has 36 heavy (non-hydrogen) atoms. The molecule has 1 N–H and O–H groups in total. The number of aromatic nitrogens is 5. The Balaban J connectivity index is 1.70. The number of rotatable bonds is 10. The highest BCUT2D eigenvalue weighted by Crippen LogP contribution is 2.38. The minimum absolute atomic E-state index is 0.0552. The van der Waals surface area contributed by atoms with Crippen molar-refractivity contribution in [1.29, 1.82) is 0 Å². The van der Waals surface area contributed by atoms with E-state index in [1.54, 1.807) is 30.6 Å². The van der Waals surface area contributed by atoms with Gasteiger partial charge in [-0.3, -0.25) is 4.79 Å². The molecule has 0 unspecified atom stereocenters. The minimum Gasteiger partial charge on any atom is -0.434 e. The van der Waals surface area contributed by atoms with E-state index in [-0.39, 0.29) is 23.7 Å². The van der Waals surface area contributed by atoms with E-state index < -0.39 is 22.5 Å². The smallest absolute Gasteiger partial charge is 0.387 e. The van der Waals surface area contributed by atoms with Crippen molar-refractivity contribution in [2.24, 2.45) is 0 Å². The number of anilines is 1. The lowest BCUT2D eigenvalue weighted by atomic mass is 10.1. The molecule has 0 aliphatic rings. The van der Waals surface area contributed by atoms with Crippen LogP contribution in [-0.4, -0.2) is 68.0 Å². The fraction of sp³-hybridized carbons (Fsp3) is 0.304. The van der Waals surface area contributed by atoms with Crippen molar-refractivity contribution in [3.05, 3.63) is 59.1 Å². The molecule has 13 heteroatoms. The van der Waals surface area contributed by atoms with Gasteiger partial charge in [0.25, 0.3) is 5.91 Å². The summed E-state index contributed by atoms with van der Waals surface area (Å²) in [6, 6.07) is 6.33. The SMILES string of the molecule is CS(C)(C)CCOCn1ncc(NC(=O)c2cnn3cccnc23)c1-c1cc(Br)ccc1OC(F)F. The number of ether oxygens (including phenoxy) is 2. The number of carbonyl (C=O) groups excluding carboxylic acids is 1. The minimum atomic E-state index is -3.03. The molecule has 4 rings (SSSR count). The quantitative estimate of drug-likeness (QED) is 0.268.